The first-order chi connectivity index (χ1) is 9.79. The smallest absolute Gasteiger partial charge is 0.241 e. The minimum atomic E-state index is -3.74. The highest BCUT2D eigenvalue weighted by Crippen LogP contribution is 2.24. The number of sulfonamides is 1. The number of anilines is 1. The number of hydrogen-bond acceptors (Lipinski definition) is 3. The molecule has 0 saturated carbocycles. The summed E-state index contributed by atoms with van der Waals surface area (Å²) in [4.78, 5) is 0.0238. The highest BCUT2D eigenvalue weighted by Gasteiger charge is 2.19. The lowest BCUT2D eigenvalue weighted by Gasteiger charge is -2.15. The van der Waals surface area contributed by atoms with Crippen LogP contribution < -0.4 is 10.5 Å². The average molecular weight is 329 g/mol. The highest BCUT2D eigenvalue weighted by atomic mass is 35.5. The van der Waals surface area contributed by atoms with Crippen molar-refractivity contribution in [3.63, 3.8) is 0 Å². The topological polar surface area (TPSA) is 72.2 Å². The zero-order valence-electron chi connectivity index (χ0n) is 11.2. The molecule has 0 bridgehead atoms. The molecule has 2 aromatic carbocycles. The third-order valence-corrected chi connectivity index (χ3v) is 4.85. The number of nitrogens with two attached hydrogens (primary N) is 1. The van der Waals surface area contributed by atoms with E-state index in [1.54, 1.807) is 6.92 Å². The first-order valence-corrected chi connectivity index (χ1v) is 7.98. The summed E-state index contributed by atoms with van der Waals surface area (Å²) in [5.74, 6) is -0.376. The third kappa shape index (κ3) is 3.72. The Morgan fingerprint density at radius 3 is 2.38 bits per heavy atom. The molecule has 0 saturated heterocycles. The number of hydrogen-bond donors (Lipinski definition) is 2. The largest absolute Gasteiger partial charge is 0.398 e. The summed E-state index contributed by atoms with van der Waals surface area (Å²) < 4.78 is 39.9. The van der Waals surface area contributed by atoms with E-state index in [9.17, 15) is 12.8 Å². The number of nitrogens with one attached hydrogen (secondary N) is 1. The summed E-state index contributed by atoms with van der Waals surface area (Å²) in [6.45, 7) is 1.67. The second kappa shape index (κ2) is 6.01. The molecule has 2 rings (SSSR count). The van der Waals surface area contributed by atoms with Gasteiger partial charge < -0.3 is 5.73 Å². The van der Waals surface area contributed by atoms with Crippen molar-refractivity contribution in [3.05, 3.63) is 58.9 Å². The lowest BCUT2D eigenvalue weighted by atomic mass is 10.1. The molecule has 1 unspecified atom stereocenters. The van der Waals surface area contributed by atoms with Crippen LogP contribution in [-0.4, -0.2) is 8.42 Å². The van der Waals surface area contributed by atoms with Crippen molar-refractivity contribution in [1.29, 1.82) is 0 Å². The van der Waals surface area contributed by atoms with Gasteiger partial charge >= 0.3 is 0 Å². The molecule has 0 radical (unpaired) electrons. The van der Waals surface area contributed by atoms with Crippen LogP contribution in [0.3, 0.4) is 0 Å². The molecule has 0 aliphatic carbocycles. The van der Waals surface area contributed by atoms with Gasteiger partial charge in [0.15, 0.2) is 0 Å². The van der Waals surface area contributed by atoms with Crippen LogP contribution in [0.25, 0.3) is 0 Å². The van der Waals surface area contributed by atoms with E-state index in [4.69, 9.17) is 17.3 Å². The van der Waals surface area contributed by atoms with Crippen LogP contribution in [0.15, 0.2) is 47.4 Å². The highest BCUT2D eigenvalue weighted by molar-refractivity contribution is 7.89. The normalized spacial score (nSPS) is 13.1. The van der Waals surface area contributed by atoms with E-state index in [0.29, 0.717) is 11.3 Å². The van der Waals surface area contributed by atoms with Crippen molar-refractivity contribution in [1.82, 2.24) is 4.72 Å². The summed E-state index contributed by atoms with van der Waals surface area (Å²) in [6, 6.07) is 9.20. The molecule has 112 valence electrons. The quantitative estimate of drug-likeness (QED) is 0.847. The molecule has 3 N–H and O–H groups in total. The molecule has 0 amide bonds. The van der Waals surface area contributed by atoms with Crippen molar-refractivity contribution in [2.45, 2.75) is 17.9 Å². The van der Waals surface area contributed by atoms with Gasteiger partial charge in [-0.25, -0.2) is 17.5 Å². The molecule has 0 aliphatic heterocycles. The van der Waals surface area contributed by atoms with Gasteiger partial charge in [0, 0.05) is 6.04 Å². The molecular formula is C14H14ClFN2O2S. The van der Waals surface area contributed by atoms with Gasteiger partial charge in [-0.2, -0.15) is 0 Å². The summed E-state index contributed by atoms with van der Waals surface area (Å²) in [5, 5.41) is 0.173. The Kier molecular flexibility index (Phi) is 4.51. The second-order valence-corrected chi connectivity index (χ2v) is 6.70. The fourth-order valence-electron chi connectivity index (χ4n) is 1.80. The van der Waals surface area contributed by atoms with Gasteiger partial charge in [-0.15, -0.1) is 0 Å². The molecular weight excluding hydrogens is 315 g/mol. The number of nitrogen functional groups attached to an aromatic ring is 1. The molecule has 0 spiro atoms. The van der Waals surface area contributed by atoms with Gasteiger partial charge in [-0.1, -0.05) is 23.7 Å². The first-order valence-electron chi connectivity index (χ1n) is 6.12. The van der Waals surface area contributed by atoms with E-state index in [-0.39, 0.29) is 15.7 Å². The molecule has 21 heavy (non-hydrogen) atoms. The minimum absolute atomic E-state index is 0.0238. The van der Waals surface area contributed by atoms with Crippen LogP contribution in [0.4, 0.5) is 10.1 Å². The monoisotopic (exact) mass is 328 g/mol. The van der Waals surface area contributed by atoms with Crippen molar-refractivity contribution in [2.24, 2.45) is 0 Å². The van der Waals surface area contributed by atoms with Crippen LogP contribution in [0, 0.1) is 5.82 Å². The molecule has 0 heterocycles. The first kappa shape index (κ1) is 15.8. The van der Waals surface area contributed by atoms with Gasteiger partial charge in [0.2, 0.25) is 10.0 Å². The fraction of sp³-hybridized carbons (Fsp3) is 0.143. The van der Waals surface area contributed by atoms with Crippen molar-refractivity contribution < 1.29 is 12.8 Å². The third-order valence-electron chi connectivity index (χ3n) is 2.98. The SMILES string of the molecule is CC(NS(=O)(=O)c1ccc(N)c(Cl)c1)c1ccc(F)cc1. The van der Waals surface area contributed by atoms with Crippen molar-refractivity contribution in [3.8, 4) is 0 Å². The van der Waals surface area contributed by atoms with Crippen molar-refractivity contribution >= 4 is 27.3 Å². The van der Waals surface area contributed by atoms with E-state index in [2.05, 4.69) is 4.72 Å². The van der Waals surface area contributed by atoms with Crippen LogP contribution in [0.1, 0.15) is 18.5 Å². The summed E-state index contributed by atoms with van der Waals surface area (Å²) in [7, 11) is -3.74. The maximum absolute atomic E-state index is 12.9. The molecule has 2 aromatic rings. The molecule has 1 atom stereocenters. The van der Waals surface area contributed by atoms with E-state index in [0.717, 1.165) is 0 Å². The van der Waals surface area contributed by atoms with Crippen molar-refractivity contribution in [2.75, 3.05) is 5.73 Å². The predicted octanol–water partition coefficient (Wildman–Crippen LogP) is 3.10. The zero-order chi connectivity index (χ0) is 15.6. The maximum atomic E-state index is 12.9. The molecule has 0 aromatic heterocycles. The van der Waals surface area contributed by atoms with Gasteiger partial charge in [-0.05, 0) is 42.8 Å². The Balaban J connectivity index is 2.24. The Morgan fingerprint density at radius 2 is 1.81 bits per heavy atom. The number of rotatable bonds is 4. The summed E-state index contributed by atoms with van der Waals surface area (Å²) >= 11 is 5.83. The minimum Gasteiger partial charge on any atom is -0.398 e. The average Bonchev–Trinajstić information content (AvgIpc) is 2.42. The molecule has 4 nitrogen and oxygen atoms in total. The van der Waals surface area contributed by atoms with E-state index in [1.807, 2.05) is 0 Å². The molecule has 0 fully saturated rings. The van der Waals surface area contributed by atoms with E-state index >= 15 is 0 Å². The molecule has 7 heteroatoms. The van der Waals surface area contributed by atoms with E-state index < -0.39 is 16.1 Å². The van der Waals surface area contributed by atoms with E-state index in [1.165, 1.54) is 42.5 Å². The Hall–Kier alpha value is -1.63. The van der Waals surface area contributed by atoms with Crippen LogP contribution in [0.5, 0.6) is 0 Å². The number of benzene rings is 2. The van der Waals surface area contributed by atoms with Gasteiger partial charge in [-0.3, -0.25) is 0 Å². The summed E-state index contributed by atoms with van der Waals surface area (Å²) in [5.41, 5.74) is 6.52. The Morgan fingerprint density at radius 1 is 1.19 bits per heavy atom. The molecule has 0 aliphatic rings. The second-order valence-electron chi connectivity index (χ2n) is 4.58. The fourth-order valence-corrected chi connectivity index (χ4v) is 3.30. The Labute approximate surface area is 127 Å². The Bertz CT molecular complexity index is 748. The van der Waals surface area contributed by atoms with Crippen LogP contribution in [0.2, 0.25) is 5.02 Å². The van der Waals surface area contributed by atoms with Gasteiger partial charge in [0.05, 0.1) is 15.6 Å². The summed E-state index contributed by atoms with van der Waals surface area (Å²) in [6.07, 6.45) is 0. The zero-order valence-corrected chi connectivity index (χ0v) is 12.7. The van der Waals surface area contributed by atoms with Crippen LogP contribution >= 0.6 is 11.6 Å². The number of halogens is 2. The van der Waals surface area contributed by atoms with Gasteiger partial charge in [0.25, 0.3) is 0 Å². The lowest BCUT2D eigenvalue weighted by Crippen LogP contribution is -2.26. The maximum Gasteiger partial charge on any atom is 0.241 e. The van der Waals surface area contributed by atoms with Crippen LogP contribution in [-0.2, 0) is 10.0 Å². The van der Waals surface area contributed by atoms with Gasteiger partial charge in [0.1, 0.15) is 5.82 Å². The standard InChI is InChI=1S/C14H14ClFN2O2S/c1-9(10-2-4-11(16)5-3-10)18-21(19,20)12-6-7-14(17)13(15)8-12/h2-9,18H,17H2,1H3. The predicted molar refractivity (Wildman–Crippen MR) is 81.0 cm³/mol. The lowest BCUT2D eigenvalue weighted by molar-refractivity contribution is 0.566.